The van der Waals surface area contributed by atoms with E-state index in [1.54, 1.807) is 24.3 Å². The first kappa shape index (κ1) is 15.0. The molecule has 1 heterocycles. The van der Waals surface area contributed by atoms with E-state index in [1.807, 2.05) is 29.6 Å². The molecule has 0 aliphatic rings. The Morgan fingerprint density at radius 1 is 1.17 bits per heavy atom. The molecule has 3 rings (SSSR count). The van der Waals surface area contributed by atoms with Crippen LogP contribution >= 0.6 is 11.5 Å². The number of anilines is 1. The first-order valence-electron chi connectivity index (χ1n) is 6.88. The topological polar surface area (TPSA) is 90.1 Å². The summed E-state index contributed by atoms with van der Waals surface area (Å²) in [7, 11) is 0. The van der Waals surface area contributed by atoms with Gasteiger partial charge in [-0.2, -0.15) is 0 Å². The van der Waals surface area contributed by atoms with Gasteiger partial charge in [0.05, 0.1) is 12.2 Å². The van der Waals surface area contributed by atoms with Crippen molar-refractivity contribution >= 4 is 23.1 Å². The molecule has 0 fully saturated rings. The van der Waals surface area contributed by atoms with E-state index >= 15 is 0 Å². The molecule has 3 aromatic rings. The molecule has 0 unspecified atom stereocenters. The van der Waals surface area contributed by atoms with Gasteiger partial charge in [0, 0.05) is 16.6 Å². The standard InChI is InChI=1S/C16H14N4O2S/c17-16(21)11-2-1-3-15(8-11)22-14-6-4-12(5-7-14)18-9-13-10-23-20-19-13/h1-8,10,18H,9H2,(H2,17,21). The van der Waals surface area contributed by atoms with E-state index in [1.165, 1.54) is 11.5 Å². The Kier molecular flexibility index (Phi) is 4.49. The highest BCUT2D eigenvalue weighted by atomic mass is 32.1. The summed E-state index contributed by atoms with van der Waals surface area (Å²) in [4.78, 5) is 11.2. The number of nitrogens with zero attached hydrogens (tertiary/aromatic N) is 2. The fraction of sp³-hybridized carbons (Fsp3) is 0.0625. The largest absolute Gasteiger partial charge is 0.457 e. The molecule has 0 saturated heterocycles. The van der Waals surface area contributed by atoms with Gasteiger partial charge in [0.25, 0.3) is 0 Å². The van der Waals surface area contributed by atoms with Crippen molar-refractivity contribution in [2.45, 2.75) is 6.54 Å². The summed E-state index contributed by atoms with van der Waals surface area (Å²) in [6.07, 6.45) is 0. The van der Waals surface area contributed by atoms with E-state index in [-0.39, 0.29) is 0 Å². The highest BCUT2D eigenvalue weighted by Gasteiger charge is 2.03. The van der Waals surface area contributed by atoms with Crippen molar-refractivity contribution in [1.29, 1.82) is 0 Å². The number of carbonyl (C=O) groups excluding carboxylic acids is 1. The van der Waals surface area contributed by atoms with E-state index in [2.05, 4.69) is 14.9 Å². The van der Waals surface area contributed by atoms with E-state index in [0.717, 1.165) is 11.4 Å². The summed E-state index contributed by atoms with van der Waals surface area (Å²) >= 11 is 1.33. The van der Waals surface area contributed by atoms with Crippen LogP contribution in [0.25, 0.3) is 0 Å². The Labute approximate surface area is 137 Å². The van der Waals surface area contributed by atoms with Crippen LogP contribution in [-0.4, -0.2) is 15.5 Å². The molecule has 2 aromatic carbocycles. The molecule has 0 saturated carbocycles. The number of hydrogen-bond donors (Lipinski definition) is 2. The van der Waals surface area contributed by atoms with Gasteiger partial charge in [-0.05, 0) is 54.0 Å². The van der Waals surface area contributed by atoms with Crippen molar-refractivity contribution in [2.75, 3.05) is 5.32 Å². The van der Waals surface area contributed by atoms with Gasteiger partial charge >= 0.3 is 0 Å². The van der Waals surface area contributed by atoms with E-state index < -0.39 is 5.91 Å². The number of amides is 1. The summed E-state index contributed by atoms with van der Waals surface area (Å²) in [6.45, 7) is 0.622. The number of primary amides is 1. The highest BCUT2D eigenvalue weighted by Crippen LogP contribution is 2.24. The smallest absolute Gasteiger partial charge is 0.248 e. The Balaban J connectivity index is 1.63. The van der Waals surface area contributed by atoms with Gasteiger partial charge in [-0.15, -0.1) is 5.10 Å². The SMILES string of the molecule is NC(=O)c1cccc(Oc2ccc(NCc3csnn3)cc2)c1. The second-order valence-corrected chi connectivity index (χ2v) is 5.38. The van der Waals surface area contributed by atoms with Crippen LogP contribution in [0.5, 0.6) is 11.5 Å². The molecule has 0 aliphatic carbocycles. The van der Waals surface area contributed by atoms with Gasteiger partial charge in [-0.25, -0.2) is 0 Å². The second-order valence-electron chi connectivity index (χ2n) is 4.77. The lowest BCUT2D eigenvalue weighted by Crippen LogP contribution is -2.10. The quantitative estimate of drug-likeness (QED) is 0.726. The number of aromatic nitrogens is 2. The Morgan fingerprint density at radius 3 is 2.70 bits per heavy atom. The number of benzene rings is 2. The molecule has 1 amide bonds. The van der Waals surface area contributed by atoms with Crippen molar-refractivity contribution in [3.8, 4) is 11.5 Å². The lowest BCUT2D eigenvalue weighted by molar-refractivity contribution is 0.1000. The minimum Gasteiger partial charge on any atom is -0.457 e. The van der Waals surface area contributed by atoms with Crippen LogP contribution in [-0.2, 0) is 6.54 Å². The molecule has 23 heavy (non-hydrogen) atoms. The first-order valence-corrected chi connectivity index (χ1v) is 7.72. The molecule has 1 aromatic heterocycles. The molecular weight excluding hydrogens is 312 g/mol. The van der Waals surface area contributed by atoms with Gasteiger partial charge in [0.1, 0.15) is 11.5 Å². The lowest BCUT2D eigenvalue weighted by Gasteiger charge is -2.08. The molecule has 0 bridgehead atoms. The van der Waals surface area contributed by atoms with Gasteiger partial charge < -0.3 is 15.8 Å². The van der Waals surface area contributed by atoms with Crippen LogP contribution in [0.4, 0.5) is 5.69 Å². The average Bonchev–Trinajstić information content (AvgIpc) is 3.08. The number of nitrogens with two attached hydrogens (primary N) is 1. The van der Waals surface area contributed by atoms with Crippen molar-refractivity contribution in [3.05, 3.63) is 65.2 Å². The summed E-state index contributed by atoms with van der Waals surface area (Å²) in [5.41, 5.74) is 7.53. The molecule has 0 radical (unpaired) electrons. The minimum absolute atomic E-state index is 0.414. The Bertz CT molecular complexity index is 788. The highest BCUT2D eigenvalue weighted by molar-refractivity contribution is 7.03. The van der Waals surface area contributed by atoms with Crippen molar-refractivity contribution in [3.63, 3.8) is 0 Å². The molecule has 3 N–H and O–H groups in total. The monoisotopic (exact) mass is 326 g/mol. The normalized spacial score (nSPS) is 10.3. The van der Waals surface area contributed by atoms with Crippen LogP contribution in [0.1, 0.15) is 16.1 Å². The molecular formula is C16H14N4O2S. The summed E-state index contributed by atoms with van der Waals surface area (Å²) < 4.78 is 9.53. The maximum Gasteiger partial charge on any atom is 0.248 e. The Morgan fingerprint density at radius 2 is 2.00 bits per heavy atom. The van der Waals surface area contributed by atoms with Crippen molar-refractivity contribution < 1.29 is 9.53 Å². The molecule has 0 atom stereocenters. The molecule has 7 heteroatoms. The third kappa shape index (κ3) is 4.04. The molecule has 6 nitrogen and oxygen atoms in total. The van der Waals surface area contributed by atoms with E-state index in [4.69, 9.17) is 10.5 Å². The fourth-order valence-corrected chi connectivity index (χ4v) is 2.39. The zero-order valence-electron chi connectivity index (χ0n) is 12.1. The van der Waals surface area contributed by atoms with Gasteiger partial charge in [0.15, 0.2) is 0 Å². The Hall–Kier alpha value is -2.93. The zero-order valence-corrected chi connectivity index (χ0v) is 12.9. The number of rotatable bonds is 6. The van der Waals surface area contributed by atoms with Crippen LogP contribution in [0.15, 0.2) is 53.9 Å². The predicted octanol–water partition coefficient (Wildman–Crippen LogP) is 3.04. The molecule has 0 spiro atoms. The number of nitrogens with one attached hydrogen (secondary N) is 1. The lowest BCUT2D eigenvalue weighted by atomic mass is 10.2. The minimum atomic E-state index is -0.480. The third-order valence-corrected chi connectivity index (χ3v) is 3.64. The average molecular weight is 326 g/mol. The van der Waals surface area contributed by atoms with E-state index in [0.29, 0.717) is 23.6 Å². The summed E-state index contributed by atoms with van der Waals surface area (Å²) in [5.74, 6) is 0.759. The van der Waals surface area contributed by atoms with Crippen LogP contribution in [0, 0.1) is 0 Å². The van der Waals surface area contributed by atoms with E-state index in [9.17, 15) is 4.79 Å². The van der Waals surface area contributed by atoms with Crippen molar-refractivity contribution in [1.82, 2.24) is 9.59 Å². The van der Waals surface area contributed by atoms with Crippen LogP contribution < -0.4 is 15.8 Å². The fourth-order valence-electron chi connectivity index (χ4n) is 1.94. The third-order valence-electron chi connectivity index (χ3n) is 3.09. The van der Waals surface area contributed by atoms with Crippen LogP contribution in [0.3, 0.4) is 0 Å². The zero-order chi connectivity index (χ0) is 16.1. The van der Waals surface area contributed by atoms with Gasteiger partial charge in [0.2, 0.25) is 5.91 Å². The molecule has 0 aliphatic heterocycles. The van der Waals surface area contributed by atoms with Gasteiger partial charge in [-0.1, -0.05) is 10.6 Å². The van der Waals surface area contributed by atoms with Crippen molar-refractivity contribution in [2.24, 2.45) is 5.73 Å². The van der Waals surface area contributed by atoms with Crippen LogP contribution in [0.2, 0.25) is 0 Å². The maximum atomic E-state index is 11.2. The number of hydrogen-bond acceptors (Lipinski definition) is 6. The first-order chi connectivity index (χ1) is 11.2. The molecule has 116 valence electrons. The number of carbonyl (C=O) groups is 1. The second kappa shape index (κ2) is 6.89. The van der Waals surface area contributed by atoms with Gasteiger partial charge in [-0.3, -0.25) is 4.79 Å². The summed E-state index contributed by atoms with van der Waals surface area (Å²) in [6, 6.07) is 14.3. The maximum absolute atomic E-state index is 11.2. The summed E-state index contributed by atoms with van der Waals surface area (Å²) in [5, 5.41) is 9.12. The predicted molar refractivity (Wildman–Crippen MR) is 88.7 cm³/mol. The number of ether oxygens (including phenoxy) is 1.